The van der Waals surface area contributed by atoms with Gasteiger partial charge in [0.2, 0.25) is 0 Å². The summed E-state index contributed by atoms with van der Waals surface area (Å²) in [6, 6.07) is 0. The lowest BCUT2D eigenvalue weighted by molar-refractivity contribution is -0.196. The van der Waals surface area contributed by atoms with E-state index in [4.69, 9.17) is 5.11 Å². The van der Waals surface area contributed by atoms with Crippen LogP contribution < -0.4 is 5.32 Å². The molecule has 1 amide bonds. The first-order valence-electron chi connectivity index (χ1n) is 2.34. The van der Waals surface area contributed by atoms with Gasteiger partial charge in [0.25, 0.3) is 5.91 Å². The Kier molecular flexibility index (Phi) is 2.65. The van der Waals surface area contributed by atoms with Gasteiger partial charge in [-0.15, -0.1) is 0 Å². The lowest BCUT2D eigenvalue weighted by Gasteiger charge is -2.14. The normalized spacial score (nSPS) is 16.6. The van der Waals surface area contributed by atoms with E-state index < -0.39 is 18.2 Å². The quantitative estimate of drug-likeness (QED) is 0.575. The molecule has 0 aliphatic heterocycles. The molecule has 2 N–H and O–H groups in total. The summed E-state index contributed by atoms with van der Waals surface area (Å²) in [6.45, 7) is 0. The van der Waals surface area contributed by atoms with E-state index in [1.807, 2.05) is 0 Å². The molecule has 1 atom stereocenters. The first-order chi connectivity index (χ1) is 4.42. The predicted octanol–water partition coefficient (Wildman–Crippen LogP) is -0.344. The van der Waals surface area contributed by atoms with Crippen molar-refractivity contribution in [2.45, 2.75) is 12.3 Å². The molecule has 3 nitrogen and oxygen atoms in total. The monoisotopic (exact) mass is 157 g/mol. The highest BCUT2D eigenvalue weighted by Gasteiger charge is 2.45. The number of alkyl halides is 3. The van der Waals surface area contributed by atoms with Gasteiger partial charge in [0, 0.05) is 7.05 Å². The van der Waals surface area contributed by atoms with Gasteiger partial charge < -0.3 is 10.4 Å². The molecule has 0 saturated heterocycles. The van der Waals surface area contributed by atoms with Crippen LogP contribution in [0.4, 0.5) is 13.2 Å². The van der Waals surface area contributed by atoms with Gasteiger partial charge in [-0.2, -0.15) is 4.39 Å². The molecule has 0 aromatic heterocycles. The Morgan fingerprint density at radius 1 is 1.70 bits per heavy atom. The summed E-state index contributed by atoms with van der Waals surface area (Å²) in [5, 5.41) is 9.57. The number of carbonyl (C=O) groups is 1. The number of rotatable bonds is 2. The van der Waals surface area contributed by atoms with Crippen LogP contribution in [0.25, 0.3) is 0 Å². The maximum absolute atomic E-state index is 12.0. The number of hydrogen-bond acceptors (Lipinski definition) is 2. The second kappa shape index (κ2) is 2.87. The zero-order chi connectivity index (χ0) is 8.36. The number of halogens is 3. The largest absolute Gasteiger partial charge is 0.354 e. The molecule has 0 aliphatic rings. The van der Waals surface area contributed by atoms with Crippen molar-refractivity contribution in [1.29, 1.82) is 0 Å². The third-order valence-corrected chi connectivity index (χ3v) is 0.835. The Labute approximate surface area is 54.8 Å². The number of nitrogens with one attached hydrogen (secondary N) is 1. The molecule has 1 unspecified atom stereocenters. The van der Waals surface area contributed by atoms with Crippen molar-refractivity contribution in [3.05, 3.63) is 0 Å². The van der Waals surface area contributed by atoms with Gasteiger partial charge in [0.15, 0.2) is 0 Å². The summed E-state index contributed by atoms with van der Waals surface area (Å²) in [5.41, 5.74) is 0. The van der Waals surface area contributed by atoms with Gasteiger partial charge in [-0.25, -0.2) is 8.78 Å². The van der Waals surface area contributed by atoms with Gasteiger partial charge >= 0.3 is 12.3 Å². The van der Waals surface area contributed by atoms with E-state index in [0.29, 0.717) is 0 Å². The minimum absolute atomic E-state index is 0.940. The van der Waals surface area contributed by atoms with Crippen molar-refractivity contribution < 1.29 is 23.1 Å². The molecule has 6 heteroatoms. The highest BCUT2D eigenvalue weighted by Crippen LogP contribution is 2.16. The van der Waals surface area contributed by atoms with Gasteiger partial charge in [0.05, 0.1) is 0 Å². The lowest BCUT2D eigenvalue weighted by Crippen LogP contribution is -2.47. The number of hydrogen-bond donors (Lipinski definition) is 2. The van der Waals surface area contributed by atoms with Crippen LogP contribution in [-0.4, -0.2) is 30.3 Å². The van der Waals surface area contributed by atoms with Gasteiger partial charge in [0.1, 0.15) is 0 Å². The van der Waals surface area contributed by atoms with Crippen LogP contribution in [0.2, 0.25) is 0 Å². The Hall–Kier alpha value is -0.780. The second-order valence-electron chi connectivity index (χ2n) is 1.55. The summed E-state index contributed by atoms with van der Waals surface area (Å²) >= 11 is 0. The minimum Gasteiger partial charge on any atom is -0.354 e. The third-order valence-electron chi connectivity index (χ3n) is 0.835. The maximum atomic E-state index is 12.0. The van der Waals surface area contributed by atoms with Gasteiger partial charge in [-0.05, 0) is 0 Å². The zero-order valence-corrected chi connectivity index (χ0v) is 5.07. The molecule has 0 rings (SSSR count). The first-order valence-corrected chi connectivity index (χ1v) is 2.34. The Balaban J connectivity index is 4.24. The minimum atomic E-state index is -4.07. The number of carbonyl (C=O) groups excluding carboxylic acids is 1. The molecular weight excluding hydrogens is 151 g/mol. The molecule has 0 aliphatic carbocycles. The summed E-state index contributed by atoms with van der Waals surface area (Å²) < 4.78 is 34.7. The van der Waals surface area contributed by atoms with E-state index in [1.54, 1.807) is 5.32 Å². The van der Waals surface area contributed by atoms with Gasteiger partial charge in [-0.3, -0.25) is 4.79 Å². The van der Waals surface area contributed by atoms with Crippen molar-refractivity contribution in [2.24, 2.45) is 0 Å². The van der Waals surface area contributed by atoms with Crippen molar-refractivity contribution in [2.75, 3.05) is 7.05 Å². The molecule has 0 fully saturated rings. The first kappa shape index (κ1) is 9.22. The molecule has 0 bridgehead atoms. The van der Waals surface area contributed by atoms with E-state index >= 15 is 0 Å². The van der Waals surface area contributed by atoms with E-state index in [2.05, 4.69) is 0 Å². The smallest absolute Gasteiger partial charge is 0.347 e. The number of likely N-dealkylation sites (N-methyl/N-ethyl adjacent to an activating group) is 1. The molecule has 0 aromatic rings. The average molecular weight is 157 g/mol. The third kappa shape index (κ3) is 1.60. The highest BCUT2D eigenvalue weighted by atomic mass is 19.3. The fourth-order valence-corrected chi connectivity index (χ4v) is 0.274. The second-order valence-corrected chi connectivity index (χ2v) is 1.55. The van der Waals surface area contributed by atoms with Crippen LogP contribution in [0.5, 0.6) is 0 Å². The van der Waals surface area contributed by atoms with Crippen LogP contribution in [0.3, 0.4) is 0 Å². The highest BCUT2D eigenvalue weighted by molar-refractivity contribution is 5.83. The van der Waals surface area contributed by atoms with Crippen LogP contribution >= 0.6 is 0 Å². The van der Waals surface area contributed by atoms with Crippen molar-refractivity contribution in [3.8, 4) is 0 Å². The van der Waals surface area contributed by atoms with Crippen LogP contribution in [-0.2, 0) is 4.79 Å². The van der Waals surface area contributed by atoms with Crippen molar-refractivity contribution in [3.63, 3.8) is 0 Å². The summed E-state index contributed by atoms with van der Waals surface area (Å²) in [7, 11) is 0.940. The summed E-state index contributed by atoms with van der Waals surface area (Å²) in [5.74, 6) is -5.82. The summed E-state index contributed by atoms with van der Waals surface area (Å²) in [4.78, 5) is 10.1. The maximum Gasteiger partial charge on any atom is 0.347 e. The van der Waals surface area contributed by atoms with Crippen LogP contribution in [0.1, 0.15) is 0 Å². The van der Waals surface area contributed by atoms with E-state index in [-0.39, 0.29) is 0 Å². The zero-order valence-electron chi connectivity index (χ0n) is 5.07. The standard InChI is InChI=1S/C4H6F3NO2/c1-8-3(9)4(7,10)2(5)6/h2,10H,1H3,(H,8,9). The van der Waals surface area contributed by atoms with Crippen LogP contribution in [0, 0.1) is 0 Å². The Bertz CT molecular complexity index is 136. The van der Waals surface area contributed by atoms with Gasteiger partial charge in [-0.1, -0.05) is 0 Å². The van der Waals surface area contributed by atoms with E-state index in [1.165, 1.54) is 0 Å². The molecule has 0 radical (unpaired) electrons. The Morgan fingerprint density at radius 3 is 2.20 bits per heavy atom. The summed E-state index contributed by atoms with van der Waals surface area (Å²) in [6.07, 6.45) is -3.73. The Morgan fingerprint density at radius 2 is 2.10 bits per heavy atom. The lowest BCUT2D eigenvalue weighted by atomic mass is 10.3. The van der Waals surface area contributed by atoms with Crippen LogP contribution in [0.15, 0.2) is 0 Å². The molecule has 60 valence electrons. The fraction of sp³-hybridized carbons (Fsp3) is 0.750. The molecule has 0 heterocycles. The van der Waals surface area contributed by atoms with E-state index in [9.17, 15) is 18.0 Å². The molecule has 0 aromatic carbocycles. The fourth-order valence-electron chi connectivity index (χ4n) is 0.274. The van der Waals surface area contributed by atoms with Crippen molar-refractivity contribution in [1.82, 2.24) is 5.32 Å². The number of amides is 1. The SMILES string of the molecule is CNC(=O)C(O)(F)C(F)F. The number of aliphatic hydroxyl groups is 1. The van der Waals surface area contributed by atoms with E-state index in [0.717, 1.165) is 7.05 Å². The molecule has 10 heavy (non-hydrogen) atoms. The average Bonchev–Trinajstić information content (AvgIpc) is 1.86. The van der Waals surface area contributed by atoms with Crippen molar-refractivity contribution >= 4 is 5.91 Å². The molecule has 0 saturated carbocycles. The predicted molar refractivity (Wildman–Crippen MR) is 26.1 cm³/mol. The molecular formula is C4H6F3NO2. The topological polar surface area (TPSA) is 49.3 Å². The molecule has 0 spiro atoms.